The molecule has 1 aliphatic rings. The van der Waals surface area contributed by atoms with Crippen molar-refractivity contribution in [3.05, 3.63) is 44.6 Å². The lowest BCUT2D eigenvalue weighted by Gasteiger charge is -2.15. The molecular weight excluding hydrogens is 340 g/mol. The Morgan fingerprint density at radius 3 is 2.73 bits per heavy atom. The zero-order chi connectivity index (χ0) is 18.6. The van der Waals surface area contributed by atoms with Crippen molar-refractivity contribution in [2.24, 2.45) is 14.1 Å². The predicted molar refractivity (Wildman–Crippen MR) is 90.9 cm³/mol. The van der Waals surface area contributed by atoms with Gasteiger partial charge in [0.05, 0.1) is 18.6 Å². The molecule has 11 nitrogen and oxygen atoms in total. The number of aromatic nitrogens is 6. The van der Waals surface area contributed by atoms with Crippen LogP contribution in [-0.2, 0) is 38.5 Å². The topological polar surface area (TPSA) is 134 Å². The number of nitrogen functional groups attached to an aromatic ring is 1. The smallest absolute Gasteiger partial charge is 0.332 e. The van der Waals surface area contributed by atoms with E-state index in [4.69, 9.17) is 5.73 Å². The molecule has 0 fully saturated rings. The average molecular weight is 356 g/mol. The summed E-state index contributed by atoms with van der Waals surface area (Å²) in [5, 5.41) is 0. The van der Waals surface area contributed by atoms with Crippen LogP contribution in [0.5, 0.6) is 0 Å². The summed E-state index contributed by atoms with van der Waals surface area (Å²) in [6, 6.07) is 0. The monoisotopic (exact) mass is 356 g/mol. The van der Waals surface area contributed by atoms with Crippen molar-refractivity contribution in [1.82, 2.24) is 33.6 Å². The van der Waals surface area contributed by atoms with Gasteiger partial charge >= 0.3 is 5.69 Å². The summed E-state index contributed by atoms with van der Waals surface area (Å²) in [4.78, 5) is 50.9. The van der Waals surface area contributed by atoms with Gasteiger partial charge in [-0.05, 0) is 0 Å². The van der Waals surface area contributed by atoms with Crippen LogP contribution in [0.25, 0.3) is 11.2 Å². The number of nitrogens with two attached hydrogens (primary N) is 1. The Balaban J connectivity index is 1.66. The molecule has 0 aliphatic carbocycles. The molecule has 0 bridgehead atoms. The normalized spacial score (nSPS) is 13.4. The number of hydrogen-bond donors (Lipinski definition) is 1. The van der Waals surface area contributed by atoms with E-state index in [-0.39, 0.29) is 29.6 Å². The van der Waals surface area contributed by atoms with Gasteiger partial charge in [-0.2, -0.15) is 0 Å². The largest absolute Gasteiger partial charge is 0.368 e. The Labute approximate surface area is 146 Å². The fourth-order valence-electron chi connectivity index (χ4n) is 3.11. The van der Waals surface area contributed by atoms with Gasteiger partial charge in [-0.15, -0.1) is 0 Å². The molecule has 0 unspecified atom stereocenters. The number of carbonyl (C=O) groups excluding carboxylic acids is 1. The van der Waals surface area contributed by atoms with E-state index in [0.29, 0.717) is 13.1 Å². The molecule has 11 heteroatoms. The van der Waals surface area contributed by atoms with E-state index in [2.05, 4.69) is 15.0 Å². The molecule has 0 atom stereocenters. The minimum absolute atomic E-state index is 0.0686. The van der Waals surface area contributed by atoms with E-state index >= 15 is 0 Å². The molecule has 0 aromatic carbocycles. The molecule has 3 aromatic rings. The summed E-state index contributed by atoms with van der Waals surface area (Å²) in [5.41, 5.74) is 6.65. The lowest BCUT2D eigenvalue weighted by atomic mass is 10.3. The van der Waals surface area contributed by atoms with Gasteiger partial charge in [0.1, 0.15) is 6.54 Å². The quantitative estimate of drug-likeness (QED) is 0.581. The van der Waals surface area contributed by atoms with E-state index in [1.165, 1.54) is 29.6 Å². The minimum atomic E-state index is -0.489. The van der Waals surface area contributed by atoms with Crippen molar-refractivity contribution in [2.45, 2.75) is 19.6 Å². The molecule has 0 saturated carbocycles. The van der Waals surface area contributed by atoms with Crippen LogP contribution in [0.4, 0.5) is 5.95 Å². The average Bonchev–Trinajstić information content (AvgIpc) is 3.22. The highest BCUT2D eigenvalue weighted by molar-refractivity contribution is 5.79. The Morgan fingerprint density at radius 1 is 1.19 bits per heavy atom. The Morgan fingerprint density at radius 2 is 1.96 bits per heavy atom. The van der Waals surface area contributed by atoms with Gasteiger partial charge in [0, 0.05) is 32.4 Å². The second-order valence-corrected chi connectivity index (χ2v) is 6.20. The van der Waals surface area contributed by atoms with Gasteiger partial charge in [0.25, 0.3) is 5.56 Å². The summed E-state index contributed by atoms with van der Waals surface area (Å²) >= 11 is 0. The number of fused-ring (bicyclic) bond motifs is 2. The molecule has 4 rings (SSSR count). The number of aryl methyl sites for hydroxylation is 1. The van der Waals surface area contributed by atoms with E-state index < -0.39 is 11.2 Å². The molecule has 134 valence electrons. The Kier molecular flexibility index (Phi) is 3.39. The molecule has 1 aliphatic heterocycles. The Hall–Kier alpha value is -3.50. The first-order chi connectivity index (χ1) is 12.4. The molecular formula is C15H16N8O3. The first kappa shape index (κ1) is 16.0. The molecule has 2 N–H and O–H groups in total. The maximum absolute atomic E-state index is 12.7. The highest BCUT2D eigenvalue weighted by Gasteiger charge is 2.26. The highest BCUT2D eigenvalue weighted by atomic mass is 16.2. The van der Waals surface area contributed by atoms with Crippen LogP contribution >= 0.6 is 0 Å². The summed E-state index contributed by atoms with van der Waals surface area (Å²) < 4.78 is 3.74. The third-order valence-electron chi connectivity index (χ3n) is 4.55. The second-order valence-electron chi connectivity index (χ2n) is 6.20. The molecule has 26 heavy (non-hydrogen) atoms. The van der Waals surface area contributed by atoms with Gasteiger partial charge in [0.2, 0.25) is 11.9 Å². The van der Waals surface area contributed by atoms with Crippen LogP contribution in [0.15, 0.2) is 22.1 Å². The number of carbonyl (C=O) groups is 1. The lowest BCUT2D eigenvalue weighted by molar-refractivity contribution is -0.132. The first-order valence-electron chi connectivity index (χ1n) is 7.85. The van der Waals surface area contributed by atoms with Crippen molar-refractivity contribution in [1.29, 1.82) is 0 Å². The van der Waals surface area contributed by atoms with Crippen LogP contribution in [0.3, 0.4) is 0 Å². The van der Waals surface area contributed by atoms with Crippen molar-refractivity contribution in [2.75, 3.05) is 5.73 Å². The third-order valence-corrected chi connectivity index (χ3v) is 4.55. The molecule has 0 saturated heterocycles. The molecule has 4 heterocycles. The van der Waals surface area contributed by atoms with E-state index in [1.54, 1.807) is 11.1 Å². The maximum atomic E-state index is 12.7. The summed E-state index contributed by atoms with van der Waals surface area (Å²) in [6.45, 7) is 0.655. The van der Waals surface area contributed by atoms with Crippen molar-refractivity contribution >= 4 is 23.0 Å². The first-order valence-corrected chi connectivity index (χ1v) is 7.85. The Bertz CT molecular complexity index is 1170. The fraction of sp³-hybridized carbons (Fsp3) is 0.333. The van der Waals surface area contributed by atoms with Crippen LogP contribution in [0, 0.1) is 0 Å². The zero-order valence-corrected chi connectivity index (χ0v) is 14.2. The van der Waals surface area contributed by atoms with E-state index in [9.17, 15) is 14.4 Å². The van der Waals surface area contributed by atoms with Gasteiger partial charge in [0.15, 0.2) is 11.2 Å². The number of hydrogen-bond acceptors (Lipinski definition) is 7. The number of imidazole rings is 1. The van der Waals surface area contributed by atoms with E-state index in [0.717, 1.165) is 15.8 Å². The fourth-order valence-corrected chi connectivity index (χ4v) is 3.11. The van der Waals surface area contributed by atoms with E-state index in [1.807, 2.05) is 0 Å². The van der Waals surface area contributed by atoms with Gasteiger partial charge < -0.3 is 15.2 Å². The number of rotatable bonds is 2. The molecule has 0 spiro atoms. The predicted octanol–water partition coefficient (Wildman–Crippen LogP) is -1.65. The van der Waals surface area contributed by atoms with Gasteiger partial charge in [-0.25, -0.2) is 19.7 Å². The van der Waals surface area contributed by atoms with Crippen LogP contribution in [0.1, 0.15) is 11.3 Å². The molecule has 1 amide bonds. The number of amides is 1. The zero-order valence-electron chi connectivity index (χ0n) is 14.2. The van der Waals surface area contributed by atoms with Crippen molar-refractivity contribution in [3.63, 3.8) is 0 Å². The third kappa shape index (κ3) is 2.28. The minimum Gasteiger partial charge on any atom is -0.368 e. The summed E-state index contributed by atoms with van der Waals surface area (Å²) in [7, 11) is 2.92. The number of nitrogens with zero attached hydrogens (tertiary/aromatic N) is 7. The van der Waals surface area contributed by atoms with Crippen LogP contribution < -0.4 is 17.0 Å². The molecule has 0 radical (unpaired) electrons. The number of anilines is 1. The van der Waals surface area contributed by atoms with Crippen LogP contribution in [0.2, 0.25) is 0 Å². The van der Waals surface area contributed by atoms with Gasteiger partial charge in [-0.1, -0.05) is 0 Å². The lowest BCUT2D eigenvalue weighted by Crippen LogP contribution is -2.38. The second kappa shape index (κ2) is 5.51. The summed E-state index contributed by atoms with van der Waals surface area (Å²) in [6.07, 6.45) is 3.01. The SMILES string of the molecule is Cn1c(=O)c2c(ncn2CC(=O)N2Cc3cnc(N)nc3C2)n(C)c1=O. The molecule has 3 aromatic heterocycles. The maximum Gasteiger partial charge on any atom is 0.332 e. The summed E-state index contributed by atoms with van der Waals surface area (Å²) in [5.74, 6) is -0.0279. The van der Waals surface area contributed by atoms with Crippen molar-refractivity contribution in [3.8, 4) is 0 Å². The van der Waals surface area contributed by atoms with Gasteiger partial charge in [-0.3, -0.25) is 18.7 Å². The van der Waals surface area contributed by atoms with Crippen molar-refractivity contribution < 1.29 is 4.79 Å². The highest BCUT2D eigenvalue weighted by Crippen LogP contribution is 2.21. The standard InChI is InChI=1S/C15H16N8O3/c1-20-12-11(13(25)21(2)15(20)26)23(7-18-12)6-10(24)22-4-8-3-17-14(16)19-9(8)5-22/h3,7H,4-6H2,1-2H3,(H2,16,17,19). The van der Waals surface area contributed by atoms with Crippen LogP contribution in [-0.4, -0.2) is 39.5 Å².